The van der Waals surface area contributed by atoms with Gasteiger partial charge in [-0.15, -0.1) is 0 Å². The van der Waals surface area contributed by atoms with E-state index in [0.29, 0.717) is 18.1 Å². The molecule has 0 amide bonds. The monoisotopic (exact) mass is 340 g/mol. The van der Waals surface area contributed by atoms with E-state index in [1.807, 2.05) is 6.07 Å². The van der Waals surface area contributed by atoms with E-state index in [2.05, 4.69) is 26.2 Å². The zero-order valence-corrected chi connectivity index (χ0v) is 12.2. The van der Waals surface area contributed by atoms with Gasteiger partial charge in [-0.1, -0.05) is 0 Å². The molecule has 0 spiro atoms. The molecule has 1 atom stereocenters. The van der Waals surface area contributed by atoms with E-state index >= 15 is 0 Å². The van der Waals surface area contributed by atoms with E-state index in [1.165, 1.54) is 24.3 Å². The van der Waals surface area contributed by atoms with Crippen LogP contribution in [-0.4, -0.2) is 29.3 Å². The zero-order valence-electron chi connectivity index (χ0n) is 10.6. The highest BCUT2D eigenvalue weighted by Crippen LogP contribution is 2.12. The Hall–Kier alpha value is -1.66. The van der Waals surface area contributed by atoms with Crippen LogP contribution in [0.3, 0.4) is 0 Å². The zero-order chi connectivity index (χ0) is 14.4. The van der Waals surface area contributed by atoms with Crippen LogP contribution in [0.2, 0.25) is 0 Å². The van der Waals surface area contributed by atoms with Crippen LogP contribution in [0, 0.1) is 5.82 Å². The predicted octanol–water partition coefficient (Wildman–Crippen LogP) is 2.84. The van der Waals surface area contributed by atoms with Gasteiger partial charge in [0.2, 0.25) is 0 Å². The SMILES string of the molecule is OC(CNc1ccc(Br)cn1)COc1ccc(F)cc1. The molecule has 0 saturated heterocycles. The van der Waals surface area contributed by atoms with Crippen LogP contribution in [-0.2, 0) is 0 Å². The van der Waals surface area contributed by atoms with Crippen molar-refractivity contribution >= 4 is 21.7 Å². The average molecular weight is 341 g/mol. The summed E-state index contributed by atoms with van der Waals surface area (Å²) in [6.07, 6.45) is 0.981. The van der Waals surface area contributed by atoms with Gasteiger partial charge >= 0.3 is 0 Å². The fraction of sp³-hybridized carbons (Fsp3) is 0.214. The number of ether oxygens (including phenoxy) is 1. The van der Waals surface area contributed by atoms with Crippen LogP contribution in [0.15, 0.2) is 47.1 Å². The summed E-state index contributed by atoms with van der Waals surface area (Å²) >= 11 is 3.29. The smallest absolute Gasteiger partial charge is 0.126 e. The molecule has 0 bridgehead atoms. The summed E-state index contributed by atoms with van der Waals surface area (Å²) in [7, 11) is 0. The molecule has 1 aromatic heterocycles. The molecule has 1 unspecified atom stereocenters. The largest absolute Gasteiger partial charge is 0.491 e. The number of benzene rings is 1. The molecule has 2 aromatic rings. The molecule has 1 aromatic carbocycles. The number of anilines is 1. The molecule has 0 fully saturated rings. The molecular formula is C14H14BrFN2O2. The van der Waals surface area contributed by atoms with Crippen molar-refractivity contribution in [1.82, 2.24) is 4.98 Å². The number of aliphatic hydroxyl groups is 1. The maximum absolute atomic E-state index is 12.7. The van der Waals surface area contributed by atoms with Crippen molar-refractivity contribution in [1.29, 1.82) is 0 Å². The lowest BCUT2D eigenvalue weighted by Crippen LogP contribution is -2.26. The van der Waals surface area contributed by atoms with E-state index in [0.717, 1.165) is 4.47 Å². The number of aliphatic hydroxyl groups excluding tert-OH is 1. The number of aromatic nitrogens is 1. The van der Waals surface area contributed by atoms with Crippen molar-refractivity contribution in [3.05, 3.63) is 52.9 Å². The Kier molecular flexibility index (Phi) is 5.31. The maximum atomic E-state index is 12.7. The third-order valence-corrected chi connectivity index (χ3v) is 2.97. The Labute approximate surface area is 124 Å². The van der Waals surface area contributed by atoms with Gasteiger partial charge in [0.25, 0.3) is 0 Å². The van der Waals surface area contributed by atoms with Gasteiger partial charge in [0.15, 0.2) is 0 Å². The van der Waals surface area contributed by atoms with Gasteiger partial charge in [0.1, 0.15) is 30.1 Å². The van der Waals surface area contributed by atoms with Crippen LogP contribution in [0.5, 0.6) is 5.75 Å². The first-order valence-corrected chi connectivity index (χ1v) is 6.84. The van der Waals surface area contributed by atoms with Gasteiger partial charge in [0, 0.05) is 17.2 Å². The minimum Gasteiger partial charge on any atom is -0.491 e. The summed E-state index contributed by atoms with van der Waals surface area (Å²) in [5, 5.41) is 12.8. The molecule has 106 valence electrons. The minimum absolute atomic E-state index is 0.120. The lowest BCUT2D eigenvalue weighted by Gasteiger charge is -2.13. The first-order chi connectivity index (χ1) is 9.63. The minimum atomic E-state index is -0.689. The van der Waals surface area contributed by atoms with Gasteiger partial charge in [-0.25, -0.2) is 9.37 Å². The van der Waals surface area contributed by atoms with E-state index in [4.69, 9.17) is 4.74 Å². The Morgan fingerprint density at radius 1 is 1.25 bits per heavy atom. The Morgan fingerprint density at radius 3 is 2.65 bits per heavy atom. The van der Waals surface area contributed by atoms with Crippen molar-refractivity contribution < 1.29 is 14.2 Å². The number of rotatable bonds is 6. The molecule has 0 saturated carbocycles. The average Bonchev–Trinajstić information content (AvgIpc) is 2.46. The molecule has 20 heavy (non-hydrogen) atoms. The number of nitrogens with one attached hydrogen (secondary N) is 1. The highest BCUT2D eigenvalue weighted by atomic mass is 79.9. The number of hydrogen-bond donors (Lipinski definition) is 2. The van der Waals surface area contributed by atoms with Gasteiger partial charge in [0.05, 0.1) is 0 Å². The molecular weight excluding hydrogens is 327 g/mol. The lowest BCUT2D eigenvalue weighted by atomic mass is 10.3. The van der Waals surface area contributed by atoms with Gasteiger partial charge in [-0.05, 0) is 52.3 Å². The summed E-state index contributed by atoms with van der Waals surface area (Å²) < 4.78 is 18.9. The molecule has 0 aliphatic carbocycles. The topological polar surface area (TPSA) is 54.4 Å². The van der Waals surface area contributed by atoms with Crippen LogP contribution in [0.25, 0.3) is 0 Å². The Bertz CT molecular complexity index is 484. The second-order valence-electron chi connectivity index (χ2n) is 4.16. The van der Waals surface area contributed by atoms with Crippen molar-refractivity contribution in [3.63, 3.8) is 0 Å². The van der Waals surface area contributed by atoms with Crippen LogP contribution >= 0.6 is 15.9 Å². The predicted molar refractivity (Wildman–Crippen MR) is 78.3 cm³/mol. The molecule has 4 nitrogen and oxygen atoms in total. The number of halogens is 2. The molecule has 0 aliphatic heterocycles. The van der Waals surface area contributed by atoms with E-state index in [-0.39, 0.29) is 12.4 Å². The summed E-state index contributed by atoms with van der Waals surface area (Å²) in [4.78, 5) is 4.13. The van der Waals surface area contributed by atoms with E-state index in [9.17, 15) is 9.50 Å². The Morgan fingerprint density at radius 2 is 2.00 bits per heavy atom. The second kappa shape index (κ2) is 7.21. The second-order valence-corrected chi connectivity index (χ2v) is 5.08. The first-order valence-electron chi connectivity index (χ1n) is 6.05. The molecule has 0 aliphatic rings. The van der Waals surface area contributed by atoms with Gasteiger partial charge in [-0.2, -0.15) is 0 Å². The van der Waals surface area contributed by atoms with Crippen molar-refractivity contribution in [2.75, 3.05) is 18.5 Å². The molecule has 6 heteroatoms. The van der Waals surface area contributed by atoms with Crippen LogP contribution in [0.1, 0.15) is 0 Å². The Balaban J connectivity index is 1.73. The van der Waals surface area contributed by atoms with E-state index < -0.39 is 6.10 Å². The summed E-state index contributed by atoms with van der Waals surface area (Å²) in [5.74, 6) is 0.877. The standard InChI is InChI=1S/C14H14BrFN2O2/c15-10-1-6-14(17-7-10)18-8-12(19)9-20-13-4-2-11(16)3-5-13/h1-7,12,19H,8-9H2,(H,17,18). The van der Waals surface area contributed by atoms with Crippen LogP contribution in [0.4, 0.5) is 10.2 Å². The van der Waals surface area contributed by atoms with Crippen molar-refractivity contribution in [2.45, 2.75) is 6.10 Å². The summed E-state index contributed by atoms with van der Waals surface area (Å²) in [6, 6.07) is 9.32. The third-order valence-electron chi connectivity index (χ3n) is 2.50. The lowest BCUT2D eigenvalue weighted by molar-refractivity contribution is 0.117. The van der Waals surface area contributed by atoms with Crippen molar-refractivity contribution in [2.24, 2.45) is 0 Å². The fourth-order valence-corrected chi connectivity index (χ4v) is 1.72. The number of nitrogens with zero attached hydrogens (tertiary/aromatic N) is 1. The van der Waals surface area contributed by atoms with Crippen molar-refractivity contribution in [3.8, 4) is 5.75 Å². The van der Waals surface area contributed by atoms with E-state index in [1.54, 1.807) is 12.3 Å². The van der Waals surface area contributed by atoms with Gasteiger partial charge in [-0.3, -0.25) is 0 Å². The molecule has 0 radical (unpaired) electrons. The third kappa shape index (κ3) is 4.79. The maximum Gasteiger partial charge on any atom is 0.126 e. The quantitative estimate of drug-likeness (QED) is 0.848. The summed E-state index contributed by atoms with van der Waals surface area (Å²) in [6.45, 7) is 0.436. The number of hydrogen-bond acceptors (Lipinski definition) is 4. The highest BCUT2D eigenvalue weighted by Gasteiger charge is 2.06. The molecule has 2 rings (SSSR count). The number of pyridine rings is 1. The summed E-state index contributed by atoms with van der Waals surface area (Å²) in [5.41, 5.74) is 0. The molecule has 1 heterocycles. The first kappa shape index (κ1) is 14.7. The highest BCUT2D eigenvalue weighted by molar-refractivity contribution is 9.10. The van der Waals surface area contributed by atoms with Crippen LogP contribution < -0.4 is 10.1 Å². The fourth-order valence-electron chi connectivity index (χ4n) is 1.48. The normalized spacial score (nSPS) is 11.9. The van der Waals surface area contributed by atoms with Gasteiger partial charge < -0.3 is 15.2 Å². The molecule has 2 N–H and O–H groups in total.